The van der Waals surface area contributed by atoms with Crippen LogP contribution >= 0.6 is 0 Å². The normalized spacial score (nSPS) is 23.2. The van der Waals surface area contributed by atoms with Crippen molar-refractivity contribution in [2.24, 2.45) is 0 Å². The van der Waals surface area contributed by atoms with E-state index >= 15 is 0 Å². The lowest BCUT2D eigenvalue weighted by molar-refractivity contribution is -0.0688. The van der Waals surface area contributed by atoms with Crippen LogP contribution in [0.15, 0.2) is 30.8 Å². The molecule has 5 nitrogen and oxygen atoms in total. The van der Waals surface area contributed by atoms with Crippen molar-refractivity contribution in [3.8, 4) is 0 Å². The van der Waals surface area contributed by atoms with Gasteiger partial charge in [-0.3, -0.25) is 0 Å². The number of pyridine rings is 1. The fourth-order valence-corrected chi connectivity index (χ4v) is 4.13. The van der Waals surface area contributed by atoms with Crippen LogP contribution in [0.3, 0.4) is 0 Å². The fraction of sp³-hybridized carbons (Fsp3) is 0.500. The Morgan fingerprint density at radius 2 is 1.83 bits per heavy atom. The molecule has 1 aromatic heterocycles. The number of piperidine rings is 1. The summed E-state index contributed by atoms with van der Waals surface area (Å²) in [6.45, 7) is 5.25. The molecule has 2 fully saturated rings. The molecule has 30 heavy (non-hydrogen) atoms. The number of allylic oxidation sites excluding steroid dienone is 1. The maximum absolute atomic E-state index is 13.5. The third kappa shape index (κ3) is 4.39. The summed E-state index contributed by atoms with van der Waals surface area (Å²) < 4.78 is 40.4. The molecule has 0 radical (unpaired) electrons. The zero-order valence-corrected chi connectivity index (χ0v) is 17.0. The summed E-state index contributed by atoms with van der Waals surface area (Å²) in [5.41, 5.74) is -0.312. The number of likely N-dealkylation sites (tertiary alicyclic amines) is 1. The lowest BCUT2D eigenvalue weighted by atomic mass is 9.89. The number of aromatic nitrogens is 1. The molecular weight excluding hydrogens is 393 g/mol. The SMILES string of the molecule is C=C(c1nc(NC2CC(O)C2)cc2c(NC3CCN(C)CC3)cccc12)C(F)(F)F. The first-order chi connectivity index (χ1) is 14.2. The highest BCUT2D eigenvalue weighted by Crippen LogP contribution is 2.38. The summed E-state index contributed by atoms with van der Waals surface area (Å²) in [6, 6.07) is 7.38. The van der Waals surface area contributed by atoms with Gasteiger partial charge in [0.15, 0.2) is 0 Å². The van der Waals surface area contributed by atoms with E-state index in [1.807, 2.05) is 6.07 Å². The molecule has 2 aromatic rings. The number of nitrogens with one attached hydrogen (secondary N) is 2. The summed E-state index contributed by atoms with van der Waals surface area (Å²) in [7, 11) is 2.09. The molecule has 1 aromatic carbocycles. The maximum atomic E-state index is 13.5. The molecule has 0 atom stereocenters. The van der Waals surface area contributed by atoms with Crippen LogP contribution in [0.1, 0.15) is 31.4 Å². The molecule has 0 amide bonds. The molecule has 0 bridgehead atoms. The minimum atomic E-state index is -4.57. The number of aliphatic hydroxyl groups is 1. The van der Waals surface area contributed by atoms with Crippen LogP contribution in [0, 0.1) is 0 Å². The summed E-state index contributed by atoms with van der Waals surface area (Å²) in [4.78, 5) is 6.53. The fourth-order valence-electron chi connectivity index (χ4n) is 4.13. The first-order valence-corrected chi connectivity index (χ1v) is 10.3. The van der Waals surface area contributed by atoms with E-state index < -0.39 is 11.7 Å². The van der Waals surface area contributed by atoms with E-state index in [0.29, 0.717) is 29.4 Å². The topological polar surface area (TPSA) is 60.4 Å². The number of anilines is 2. The highest BCUT2D eigenvalue weighted by molar-refractivity contribution is 6.01. The Hall–Kier alpha value is -2.32. The Bertz CT molecular complexity index is 932. The van der Waals surface area contributed by atoms with E-state index in [0.717, 1.165) is 31.6 Å². The summed E-state index contributed by atoms with van der Waals surface area (Å²) >= 11 is 0. The van der Waals surface area contributed by atoms with Gasteiger partial charge in [0.2, 0.25) is 0 Å². The van der Waals surface area contributed by atoms with Gasteiger partial charge in [0, 0.05) is 28.5 Å². The highest BCUT2D eigenvalue weighted by atomic mass is 19.4. The molecule has 8 heteroatoms. The summed E-state index contributed by atoms with van der Waals surface area (Å²) in [6.07, 6.45) is -1.86. The predicted molar refractivity (Wildman–Crippen MR) is 114 cm³/mol. The predicted octanol–water partition coefficient (Wildman–Crippen LogP) is 4.25. The van der Waals surface area contributed by atoms with Crippen molar-refractivity contribution in [2.45, 2.75) is 50.0 Å². The molecule has 0 spiro atoms. The van der Waals surface area contributed by atoms with E-state index in [9.17, 15) is 18.3 Å². The van der Waals surface area contributed by atoms with Gasteiger partial charge in [0.05, 0.1) is 17.4 Å². The van der Waals surface area contributed by atoms with Crippen molar-refractivity contribution >= 4 is 27.9 Å². The van der Waals surface area contributed by atoms with Gasteiger partial charge < -0.3 is 20.6 Å². The van der Waals surface area contributed by atoms with Crippen LogP contribution in [-0.2, 0) is 0 Å². The van der Waals surface area contributed by atoms with Gasteiger partial charge in [0.25, 0.3) is 0 Å². The Labute approximate surface area is 174 Å². The van der Waals surface area contributed by atoms with Gasteiger partial charge in [-0.25, -0.2) is 4.98 Å². The van der Waals surface area contributed by atoms with Crippen molar-refractivity contribution < 1.29 is 18.3 Å². The number of nitrogens with zero attached hydrogens (tertiary/aromatic N) is 2. The second-order valence-corrected chi connectivity index (χ2v) is 8.42. The van der Waals surface area contributed by atoms with Gasteiger partial charge in [-0.1, -0.05) is 18.7 Å². The van der Waals surface area contributed by atoms with Crippen molar-refractivity contribution in [1.82, 2.24) is 9.88 Å². The molecule has 1 aliphatic heterocycles. The van der Waals surface area contributed by atoms with E-state index in [1.165, 1.54) is 0 Å². The number of hydrogen-bond acceptors (Lipinski definition) is 5. The molecule has 3 N–H and O–H groups in total. The van der Waals surface area contributed by atoms with E-state index in [1.54, 1.807) is 18.2 Å². The number of hydrogen-bond donors (Lipinski definition) is 3. The van der Waals surface area contributed by atoms with Gasteiger partial charge >= 0.3 is 6.18 Å². The van der Waals surface area contributed by atoms with E-state index in [-0.39, 0.29) is 23.9 Å². The van der Waals surface area contributed by atoms with Crippen LogP contribution in [0.25, 0.3) is 16.3 Å². The molecule has 1 aliphatic carbocycles. The third-order valence-electron chi connectivity index (χ3n) is 6.05. The van der Waals surface area contributed by atoms with Crippen LogP contribution in [0.5, 0.6) is 0 Å². The first kappa shape index (κ1) is 20.9. The molecule has 162 valence electrons. The largest absolute Gasteiger partial charge is 0.417 e. The van der Waals surface area contributed by atoms with Crippen molar-refractivity contribution in [3.05, 3.63) is 36.5 Å². The van der Waals surface area contributed by atoms with Gasteiger partial charge in [0.1, 0.15) is 5.82 Å². The Morgan fingerprint density at radius 3 is 2.47 bits per heavy atom. The number of rotatable bonds is 5. The quantitative estimate of drug-likeness (QED) is 0.675. The zero-order valence-electron chi connectivity index (χ0n) is 17.0. The second-order valence-electron chi connectivity index (χ2n) is 8.42. The van der Waals surface area contributed by atoms with E-state index in [2.05, 4.69) is 34.1 Å². The second kappa shape index (κ2) is 8.07. The van der Waals surface area contributed by atoms with Gasteiger partial charge in [-0.15, -0.1) is 0 Å². The lowest BCUT2D eigenvalue weighted by Gasteiger charge is -2.33. The molecule has 1 saturated carbocycles. The number of halogens is 3. The monoisotopic (exact) mass is 420 g/mol. The smallest absolute Gasteiger partial charge is 0.393 e. The first-order valence-electron chi connectivity index (χ1n) is 10.3. The number of fused-ring (bicyclic) bond motifs is 1. The number of alkyl halides is 3. The molecular formula is C22H27F3N4O. The number of aliphatic hydroxyl groups excluding tert-OH is 1. The van der Waals surface area contributed by atoms with Crippen molar-refractivity contribution in [1.29, 1.82) is 0 Å². The van der Waals surface area contributed by atoms with Crippen molar-refractivity contribution in [3.63, 3.8) is 0 Å². The van der Waals surface area contributed by atoms with Crippen LogP contribution in [0.4, 0.5) is 24.7 Å². The summed E-state index contributed by atoms with van der Waals surface area (Å²) in [5, 5.41) is 17.3. The molecule has 1 saturated heterocycles. The maximum Gasteiger partial charge on any atom is 0.417 e. The van der Waals surface area contributed by atoms with Crippen LogP contribution in [0.2, 0.25) is 0 Å². The van der Waals surface area contributed by atoms with Crippen LogP contribution in [-0.4, -0.2) is 59.5 Å². The Kier molecular flexibility index (Phi) is 5.63. The highest BCUT2D eigenvalue weighted by Gasteiger charge is 2.35. The van der Waals surface area contributed by atoms with Gasteiger partial charge in [-0.2, -0.15) is 13.2 Å². The average Bonchev–Trinajstić information content (AvgIpc) is 2.67. The lowest BCUT2D eigenvalue weighted by Crippen LogP contribution is -2.39. The van der Waals surface area contributed by atoms with Gasteiger partial charge in [-0.05, 0) is 58.0 Å². The average molecular weight is 420 g/mol. The van der Waals surface area contributed by atoms with Crippen LogP contribution < -0.4 is 10.6 Å². The van der Waals surface area contributed by atoms with Crippen molar-refractivity contribution in [2.75, 3.05) is 30.8 Å². The zero-order chi connectivity index (χ0) is 21.5. The minimum Gasteiger partial charge on any atom is -0.393 e. The molecule has 4 rings (SSSR count). The molecule has 2 heterocycles. The molecule has 0 unspecified atom stereocenters. The third-order valence-corrected chi connectivity index (χ3v) is 6.05. The number of benzene rings is 1. The Balaban J connectivity index is 1.72. The van der Waals surface area contributed by atoms with E-state index in [4.69, 9.17) is 0 Å². The minimum absolute atomic E-state index is 0.00551. The standard InChI is InChI=1S/C22H27F3N4O/c1-13(22(23,24)25)21-17-4-3-5-19(26-14-6-8-29(2)9-7-14)18(17)12-20(28-21)27-15-10-16(30)11-15/h3-5,12,14-16,26,30H,1,6-11H2,2H3,(H,27,28). The summed E-state index contributed by atoms with van der Waals surface area (Å²) in [5.74, 6) is 0.373. The Morgan fingerprint density at radius 1 is 1.13 bits per heavy atom. The molecule has 2 aliphatic rings.